The molecule has 138 valence electrons. The molecule has 0 amide bonds. The van der Waals surface area contributed by atoms with Gasteiger partial charge in [0.15, 0.2) is 5.82 Å². The number of nitrogens with zero attached hydrogens (tertiary/aromatic N) is 3. The van der Waals surface area contributed by atoms with Gasteiger partial charge in [0.1, 0.15) is 0 Å². The number of rotatable bonds is 10. The lowest BCUT2D eigenvalue weighted by atomic mass is 9.81. The minimum atomic E-state index is -0.761. The molecule has 0 spiro atoms. The van der Waals surface area contributed by atoms with Crippen molar-refractivity contribution in [2.24, 2.45) is 11.8 Å². The Hall–Kier alpha value is -1.98. The molecular formula is C19H30N4O2. The molecule has 0 aromatic carbocycles. The Morgan fingerprint density at radius 2 is 2.16 bits per heavy atom. The summed E-state index contributed by atoms with van der Waals surface area (Å²) in [6.45, 7) is 4.07. The van der Waals surface area contributed by atoms with Gasteiger partial charge in [-0.1, -0.05) is 61.6 Å². The molecule has 2 atom stereocenters. The summed E-state index contributed by atoms with van der Waals surface area (Å²) in [5, 5.41) is 24.2. The number of carboxylic acid groups (broad SMARTS) is 1. The fourth-order valence-electron chi connectivity index (χ4n) is 3.76. The van der Waals surface area contributed by atoms with E-state index in [0.717, 1.165) is 18.4 Å². The minimum Gasteiger partial charge on any atom is -0.481 e. The number of nitrogens with one attached hydrogen (secondary N) is 1. The van der Waals surface area contributed by atoms with E-state index in [9.17, 15) is 9.90 Å². The van der Waals surface area contributed by atoms with Crippen molar-refractivity contribution in [2.75, 3.05) is 0 Å². The number of aromatic nitrogens is 4. The first-order chi connectivity index (χ1) is 12.2. The SMILES string of the molecule is C/C=C(\C=C/CC)C[C@H](c1nn[nH]n1)[C@H](CCC1CCCC1)C(=O)O. The third kappa shape index (κ3) is 5.80. The van der Waals surface area contributed by atoms with E-state index in [-0.39, 0.29) is 5.92 Å². The van der Waals surface area contributed by atoms with E-state index >= 15 is 0 Å². The van der Waals surface area contributed by atoms with E-state index in [0.29, 0.717) is 24.6 Å². The van der Waals surface area contributed by atoms with Crippen LogP contribution in [-0.4, -0.2) is 31.7 Å². The van der Waals surface area contributed by atoms with Crippen molar-refractivity contribution in [1.29, 1.82) is 0 Å². The van der Waals surface area contributed by atoms with E-state index in [4.69, 9.17) is 0 Å². The summed E-state index contributed by atoms with van der Waals surface area (Å²) in [6, 6.07) is 0. The molecule has 1 saturated carbocycles. The quantitative estimate of drug-likeness (QED) is 0.618. The topological polar surface area (TPSA) is 91.8 Å². The molecule has 0 saturated heterocycles. The molecular weight excluding hydrogens is 316 g/mol. The normalized spacial score (nSPS) is 18.7. The Morgan fingerprint density at radius 3 is 2.72 bits per heavy atom. The number of tetrazole rings is 1. The highest BCUT2D eigenvalue weighted by molar-refractivity contribution is 5.71. The van der Waals surface area contributed by atoms with Crippen LogP contribution in [0.4, 0.5) is 0 Å². The lowest BCUT2D eigenvalue weighted by Crippen LogP contribution is -2.24. The third-order valence-corrected chi connectivity index (χ3v) is 5.25. The molecule has 0 unspecified atom stereocenters. The Balaban J connectivity index is 2.15. The van der Waals surface area contributed by atoms with Gasteiger partial charge in [0.2, 0.25) is 0 Å². The van der Waals surface area contributed by atoms with Crippen LogP contribution < -0.4 is 0 Å². The average molecular weight is 346 g/mol. The van der Waals surface area contributed by atoms with Crippen LogP contribution in [0.2, 0.25) is 0 Å². The maximum absolute atomic E-state index is 12.0. The fourth-order valence-corrected chi connectivity index (χ4v) is 3.76. The van der Waals surface area contributed by atoms with E-state index in [1.165, 1.54) is 25.7 Å². The molecule has 0 aliphatic heterocycles. The van der Waals surface area contributed by atoms with Gasteiger partial charge >= 0.3 is 5.97 Å². The number of hydrogen-bond acceptors (Lipinski definition) is 4. The molecule has 1 aliphatic carbocycles. The molecule has 1 aliphatic rings. The molecule has 0 bridgehead atoms. The van der Waals surface area contributed by atoms with Crippen LogP contribution in [0.3, 0.4) is 0 Å². The first-order valence-corrected chi connectivity index (χ1v) is 9.43. The van der Waals surface area contributed by atoms with Crippen molar-refractivity contribution in [3.8, 4) is 0 Å². The molecule has 2 rings (SSSR count). The van der Waals surface area contributed by atoms with Gasteiger partial charge in [0, 0.05) is 5.92 Å². The van der Waals surface area contributed by atoms with Crippen molar-refractivity contribution in [2.45, 2.75) is 71.1 Å². The van der Waals surface area contributed by atoms with Crippen molar-refractivity contribution < 1.29 is 9.90 Å². The summed E-state index contributed by atoms with van der Waals surface area (Å²) < 4.78 is 0. The van der Waals surface area contributed by atoms with Crippen LogP contribution in [0.15, 0.2) is 23.8 Å². The lowest BCUT2D eigenvalue weighted by Gasteiger charge is -2.23. The first-order valence-electron chi connectivity index (χ1n) is 9.43. The van der Waals surface area contributed by atoms with Gasteiger partial charge in [-0.3, -0.25) is 4.79 Å². The molecule has 1 heterocycles. The lowest BCUT2D eigenvalue weighted by molar-refractivity contribution is -0.143. The maximum atomic E-state index is 12.0. The number of H-pyrrole nitrogens is 1. The first kappa shape index (κ1) is 19.3. The summed E-state index contributed by atoms with van der Waals surface area (Å²) in [7, 11) is 0. The van der Waals surface area contributed by atoms with Gasteiger partial charge < -0.3 is 5.11 Å². The van der Waals surface area contributed by atoms with Crippen molar-refractivity contribution in [1.82, 2.24) is 20.6 Å². The van der Waals surface area contributed by atoms with Gasteiger partial charge in [0.05, 0.1) is 5.92 Å². The van der Waals surface area contributed by atoms with Gasteiger partial charge in [-0.2, -0.15) is 5.21 Å². The average Bonchev–Trinajstić information content (AvgIpc) is 3.30. The van der Waals surface area contributed by atoms with Crippen LogP contribution in [0, 0.1) is 11.8 Å². The number of aliphatic carboxylic acids is 1. The van der Waals surface area contributed by atoms with E-state index in [2.05, 4.69) is 39.7 Å². The summed E-state index contributed by atoms with van der Waals surface area (Å²) in [4.78, 5) is 12.0. The van der Waals surface area contributed by atoms with E-state index < -0.39 is 11.9 Å². The van der Waals surface area contributed by atoms with Crippen LogP contribution in [0.5, 0.6) is 0 Å². The molecule has 1 aromatic heterocycles. The number of carboxylic acids is 1. The Labute approximate surface area is 149 Å². The Morgan fingerprint density at radius 1 is 1.40 bits per heavy atom. The van der Waals surface area contributed by atoms with Crippen LogP contribution in [0.1, 0.15) is 77.0 Å². The van der Waals surface area contributed by atoms with E-state index in [1.54, 1.807) is 0 Å². The molecule has 25 heavy (non-hydrogen) atoms. The summed E-state index contributed by atoms with van der Waals surface area (Å²) in [6.07, 6.45) is 14.5. The highest BCUT2D eigenvalue weighted by Crippen LogP contribution is 2.36. The molecule has 6 heteroatoms. The van der Waals surface area contributed by atoms with Gasteiger partial charge in [-0.05, 0) is 38.5 Å². The van der Waals surface area contributed by atoms with Gasteiger partial charge in [-0.15, -0.1) is 10.2 Å². The van der Waals surface area contributed by atoms with Crippen molar-refractivity contribution in [3.63, 3.8) is 0 Å². The standard InChI is InChI=1S/C19H30N4O2/c1-3-5-8-14(4-2)13-17(18-20-22-23-21-18)16(19(24)25)12-11-15-9-6-7-10-15/h4-5,8,15-17H,3,6-7,9-13H2,1-2H3,(H,24,25)(H,20,21,22,23)/b8-5-,14-4+/t16-,17-/m0/s1. The predicted octanol–water partition coefficient (Wildman–Crippen LogP) is 4.26. The summed E-state index contributed by atoms with van der Waals surface area (Å²) >= 11 is 0. The van der Waals surface area contributed by atoms with Crippen molar-refractivity contribution in [3.05, 3.63) is 29.6 Å². The molecule has 6 nitrogen and oxygen atoms in total. The summed E-state index contributed by atoms with van der Waals surface area (Å²) in [5.41, 5.74) is 1.11. The Kier molecular flexibility index (Phi) is 7.82. The predicted molar refractivity (Wildman–Crippen MR) is 97.0 cm³/mol. The summed E-state index contributed by atoms with van der Waals surface area (Å²) in [5.74, 6) is -0.326. The second kappa shape index (κ2) is 10.1. The monoisotopic (exact) mass is 346 g/mol. The number of hydrogen-bond donors (Lipinski definition) is 2. The van der Waals surface area contributed by atoms with Crippen molar-refractivity contribution >= 4 is 5.97 Å². The number of carbonyl (C=O) groups is 1. The zero-order valence-corrected chi connectivity index (χ0v) is 15.3. The van der Waals surface area contributed by atoms with E-state index in [1.807, 2.05) is 13.0 Å². The second-order valence-electron chi connectivity index (χ2n) is 6.93. The molecule has 2 N–H and O–H groups in total. The number of allylic oxidation sites excluding steroid dienone is 4. The van der Waals surface area contributed by atoms with Crippen LogP contribution in [-0.2, 0) is 4.79 Å². The van der Waals surface area contributed by atoms with Gasteiger partial charge in [-0.25, -0.2) is 0 Å². The molecule has 1 aromatic rings. The Bertz CT molecular complexity index is 574. The fraction of sp³-hybridized carbons (Fsp3) is 0.684. The zero-order valence-electron chi connectivity index (χ0n) is 15.3. The van der Waals surface area contributed by atoms with Gasteiger partial charge in [0.25, 0.3) is 0 Å². The highest BCUT2D eigenvalue weighted by Gasteiger charge is 2.33. The largest absolute Gasteiger partial charge is 0.481 e. The minimum absolute atomic E-state index is 0.259. The smallest absolute Gasteiger partial charge is 0.307 e. The maximum Gasteiger partial charge on any atom is 0.307 e. The second-order valence-corrected chi connectivity index (χ2v) is 6.93. The molecule has 0 radical (unpaired) electrons. The zero-order chi connectivity index (χ0) is 18.1. The number of aromatic amines is 1. The van der Waals surface area contributed by atoms with Crippen LogP contribution >= 0.6 is 0 Å². The molecule has 1 fully saturated rings. The highest BCUT2D eigenvalue weighted by atomic mass is 16.4. The third-order valence-electron chi connectivity index (χ3n) is 5.25. The van der Waals surface area contributed by atoms with Crippen LogP contribution in [0.25, 0.3) is 0 Å².